The van der Waals surface area contributed by atoms with Gasteiger partial charge in [0.25, 0.3) is 0 Å². The van der Waals surface area contributed by atoms with Crippen molar-refractivity contribution in [1.29, 1.82) is 0 Å². The molecule has 22 heavy (non-hydrogen) atoms. The first-order valence-corrected chi connectivity index (χ1v) is 7.56. The van der Waals surface area contributed by atoms with Crippen LogP contribution in [0, 0.1) is 0 Å². The molecule has 1 aromatic heterocycles. The Bertz CT molecular complexity index is 516. The molecule has 2 heterocycles. The third-order valence-electron chi connectivity index (χ3n) is 3.13. The molecule has 1 atom stereocenters. The maximum Gasteiger partial charge on any atom is 0.410 e. The average Bonchev–Trinajstić information content (AvgIpc) is 2.86. The number of hydrogen-bond acceptors (Lipinski definition) is 6. The van der Waals surface area contributed by atoms with Crippen molar-refractivity contribution >= 4 is 11.9 Å². The summed E-state index contributed by atoms with van der Waals surface area (Å²) in [6, 6.07) is 1.91. The highest BCUT2D eigenvalue weighted by atomic mass is 16.6. The quantitative estimate of drug-likeness (QED) is 0.919. The Kier molecular flexibility index (Phi) is 5.05. The summed E-state index contributed by atoms with van der Waals surface area (Å²) in [5, 5.41) is 3.31. The molecule has 1 N–H and O–H groups in total. The van der Waals surface area contributed by atoms with Crippen LogP contribution in [0.5, 0.6) is 5.88 Å². The summed E-state index contributed by atoms with van der Waals surface area (Å²) in [4.78, 5) is 22.0. The molecule has 0 radical (unpaired) electrons. The average molecular weight is 308 g/mol. The molecule has 0 aromatic carbocycles. The zero-order valence-corrected chi connectivity index (χ0v) is 13.6. The SMILES string of the molecule is CCOc1cc(NC2CCN(C(=O)OC(C)(C)C)C2)ncn1. The number of ether oxygens (including phenoxy) is 2. The normalized spacial score (nSPS) is 18.2. The fourth-order valence-electron chi connectivity index (χ4n) is 2.22. The molecule has 1 aromatic rings. The maximum atomic E-state index is 12.0. The van der Waals surface area contributed by atoms with Crippen molar-refractivity contribution in [3.8, 4) is 5.88 Å². The van der Waals surface area contributed by atoms with Crippen molar-refractivity contribution in [3.63, 3.8) is 0 Å². The van der Waals surface area contributed by atoms with Gasteiger partial charge >= 0.3 is 6.09 Å². The minimum atomic E-state index is -0.471. The van der Waals surface area contributed by atoms with Crippen LogP contribution in [0.1, 0.15) is 34.1 Å². The molecule has 1 unspecified atom stereocenters. The van der Waals surface area contributed by atoms with Gasteiger partial charge in [0.1, 0.15) is 17.7 Å². The van der Waals surface area contributed by atoms with Gasteiger partial charge in [-0.2, -0.15) is 0 Å². The van der Waals surface area contributed by atoms with Crippen molar-refractivity contribution in [1.82, 2.24) is 14.9 Å². The van der Waals surface area contributed by atoms with Crippen LogP contribution >= 0.6 is 0 Å². The third-order valence-corrected chi connectivity index (χ3v) is 3.13. The van der Waals surface area contributed by atoms with E-state index in [0.29, 0.717) is 31.4 Å². The van der Waals surface area contributed by atoms with Gasteiger partial charge in [0.2, 0.25) is 5.88 Å². The summed E-state index contributed by atoms with van der Waals surface area (Å²) in [5.74, 6) is 1.25. The van der Waals surface area contributed by atoms with Crippen LogP contribution in [0.15, 0.2) is 12.4 Å². The van der Waals surface area contributed by atoms with Crippen LogP contribution < -0.4 is 10.1 Å². The van der Waals surface area contributed by atoms with Gasteiger partial charge in [0.15, 0.2) is 0 Å². The Balaban J connectivity index is 1.88. The number of rotatable bonds is 4. The van der Waals surface area contributed by atoms with Gasteiger partial charge in [-0.3, -0.25) is 0 Å². The molecule has 1 saturated heterocycles. The van der Waals surface area contributed by atoms with Crippen LogP contribution in [-0.4, -0.2) is 52.3 Å². The molecule has 0 saturated carbocycles. The van der Waals surface area contributed by atoms with Crippen LogP contribution in [0.2, 0.25) is 0 Å². The van der Waals surface area contributed by atoms with E-state index < -0.39 is 5.60 Å². The number of carbonyl (C=O) groups is 1. The predicted molar refractivity (Wildman–Crippen MR) is 83.0 cm³/mol. The van der Waals surface area contributed by atoms with E-state index in [9.17, 15) is 4.79 Å². The van der Waals surface area contributed by atoms with Crippen LogP contribution in [0.4, 0.5) is 10.6 Å². The molecule has 7 heteroatoms. The number of carbonyl (C=O) groups excluding carboxylic acids is 1. The predicted octanol–water partition coefficient (Wildman–Crippen LogP) is 2.30. The van der Waals surface area contributed by atoms with E-state index in [4.69, 9.17) is 9.47 Å². The topological polar surface area (TPSA) is 76.6 Å². The molecule has 0 bridgehead atoms. The van der Waals surface area contributed by atoms with Gasteiger partial charge in [-0.25, -0.2) is 14.8 Å². The van der Waals surface area contributed by atoms with E-state index in [-0.39, 0.29) is 12.1 Å². The summed E-state index contributed by atoms with van der Waals surface area (Å²) in [6.45, 7) is 9.35. The molecular weight excluding hydrogens is 284 g/mol. The van der Waals surface area contributed by atoms with Crippen molar-refractivity contribution in [3.05, 3.63) is 12.4 Å². The first-order valence-electron chi connectivity index (χ1n) is 7.56. The molecule has 0 aliphatic carbocycles. The number of nitrogens with zero attached hydrogens (tertiary/aromatic N) is 3. The number of anilines is 1. The van der Waals surface area contributed by atoms with Crippen molar-refractivity contribution in [2.75, 3.05) is 25.0 Å². The number of nitrogens with one attached hydrogen (secondary N) is 1. The summed E-state index contributed by atoms with van der Waals surface area (Å²) in [5.41, 5.74) is -0.471. The second-order valence-electron chi connectivity index (χ2n) is 6.23. The Morgan fingerprint density at radius 1 is 1.45 bits per heavy atom. The van der Waals surface area contributed by atoms with Crippen LogP contribution in [0.25, 0.3) is 0 Å². The second-order valence-corrected chi connectivity index (χ2v) is 6.23. The van der Waals surface area contributed by atoms with Crippen molar-refractivity contribution in [2.24, 2.45) is 0 Å². The molecule has 1 aliphatic rings. The number of hydrogen-bond donors (Lipinski definition) is 1. The summed E-state index contributed by atoms with van der Waals surface area (Å²) >= 11 is 0. The summed E-state index contributed by atoms with van der Waals surface area (Å²) in [6.07, 6.45) is 2.05. The Morgan fingerprint density at radius 2 is 2.23 bits per heavy atom. The maximum absolute atomic E-state index is 12.0. The zero-order valence-electron chi connectivity index (χ0n) is 13.6. The fourth-order valence-corrected chi connectivity index (χ4v) is 2.22. The molecule has 7 nitrogen and oxygen atoms in total. The molecule has 2 rings (SSSR count). The molecule has 1 aliphatic heterocycles. The second kappa shape index (κ2) is 6.81. The lowest BCUT2D eigenvalue weighted by Gasteiger charge is -2.24. The molecule has 122 valence electrons. The van der Waals surface area contributed by atoms with Crippen LogP contribution in [0.3, 0.4) is 0 Å². The highest BCUT2D eigenvalue weighted by Crippen LogP contribution is 2.19. The molecule has 1 amide bonds. The smallest absolute Gasteiger partial charge is 0.410 e. The minimum Gasteiger partial charge on any atom is -0.478 e. The van der Waals surface area contributed by atoms with Gasteiger partial charge < -0.3 is 19.7 Å². The van der Waals surface area contributed by atoms with Crippen LogP contribution in [-0.2, 0) is 4.74 Å². The van der Waals surface area contributed by atoms with E-state index in [1.54, 1.807) is 11.0 Å². The summed E-state index contributed by atoms with van der Waals surface area (Å²) in [7, 11) is 0. The van der Waals surface area contributed by atoms with Crippen molar-refractivity contribution < 1.29 is 14.3 Å². The zero-order chi connectivity index (χ0) is 16.2. The number of likely N-dealkylation sites (tertiary alicyclic amines) is 1. The molecule has 1 fully saturated rings. The van der Waals surface area contributed by atoms with Gasteiger partial charge in [0.05, 0.1) is 6.61 Å². The lowest BCUT2D eigenvalue weighted by Crippen LogP contribution is -2.36. The monoisotopic (exact) mass is 308 g/mol. The van der Waals surface area contributed by atoms with Gasteiger partial charge in [-0.05, 0) is 34.1 Å². The Hall–Kier alpha value is -2.05. The fraction of sp³-hybridized carbons (Fsp3) is 0.667. The third kappa shape index (κ3) is 4.75. The first-order chi connectivity index (χ1) is 10.4. The van der Waals surface area contributed by atoms with E-state index >= 15 is 0 Å². The summed E-state index contributed by atoms with van der Waals surface area (Å²) < 4.78 is 10.7. The van der Waals surface area contributed by atoms with E-state index in [1.807, 2.05) is 27.7 Å². The Morgan fingerprint density at radius 3 is 2.91 bits per heavy atom. The van der Waals surface area contributed by atoms with Crippen molar-refractivity contribution in [2.45, 2.75) is 45.8 Å². The lowest BCUT2D eigenvalue weighted by molar-refractivity contribution is 0.0293. The highest BCUT2D eigenvalue weighted by Gasteiger charge is 2.29. The first kappa shape index (κ1) is 16.3. The largest absolute Gasteiger partial charge is 0.478 e. The van der Waals surface area contributed by atoms with E-state index in [1.165, 1.54) is 6.33 Å². The molecular formula is C15H24N4O3. The van der Waals surface area contributed by atoms with Gasteiger partial charge in [-0.15, -0.1) is 0 Å². The van der Waals surface area contributed by atoms with Gasteiger partial charge in [-0.1, -0.05) is 0 Å². The number of amides is 1. The minimum absolute atomic E-state index is 0.150. The molecule has 0 spiro atoms. The van der Waals surface area contributed by atoms with Gasteiger partial charge in [0, 0.05) is 25.2 Å². The van der Waals surface area contributed by atoms with E-state index in [2.05, 4.69) is 15.3 Å². The highest BCUT2D eigenvalue weighted by molar-refractivity contribution is 5.68. The lowest BCUT2D eigenvalue weighted by atomic mass is 10.2. The number of aromatic nitrogens is 2. The standard InChI is InChI=1S/C15H24N4O3/c1-5-21-13-8-12(16-10-17-13)18-11-6-7-19(9-11)14(20)22-15(2,3)4/h8,10-11H,5-7,9H2,1-4H3,(H,16,17,18). The Labute approximate surface area is 131 Å². The van der Waals surface area contributed by atoms with E-state index in [0.717, 1.165) is 6.42 Å².